The van der Waals surface area contributed by atoms with Crippen LogP contribution < -0.4 is 11.1 Å². The van der Waals surface area contributed by atoms with Crippen molar-refractivity contribution in [3.63, 3.8) is 0 Å². The summed E-state index contributed by atoms with van der Waals surface area (Å²) in [5, 5.41) is 11.5. The van der Waals surface area contributed by atoms with Crippen LogP contribution in [0.25, 0.3) is 0 Å². The molecule has 0 saturated heterocycles. The molecule has 4 heteroatoms. The second kappa shape index (κ2) is 7.11. The molecule has 2 aromatic carbocycles. The third kappa shape index (κ3) is 4.36. The van der Waals surface area contributed by atoms with Gasteiger partial charge in [-0.05, 0) is 36.6 Å². The summed E-state index contributed by atoms with van der Waals surface area (Å²) in [5.74, 6) is -0.0673. The molecule has 0 aliphatic heterocycles. The van der Waals surface area contributed by atoms with Crippen molar-refractivity contribution in [2.24, 2.45) is 0 Å². The highest BCUT2D eigenvalue weighted by Gasteiger charge is 2.06. The lowest BCUT2D eigenvalue weighted by Crippen LogP contribution is -2.13. The monoisotopic (exact) mass is 279 g/mol. The third-order valence-corrected chi connectivity index (χ3v) is 3.17. The maximum Gasteiger partial charge on any atom is 0.224 e. The van der Waals surface area contributed by atoms with Crippen molar-refractivity contribution >= 4 is 17.3 Å². The molecule has 4 nitrogen and oxygen atoms in total. The van der Waals surface area contributed by atoms with Crippen molar-refractivity contribution in [1.82, 2.24) is 0 Å². The third-order valence-electron chi connectivity index (χ3n) is 3.17. The summed E-state index contributed by atoms with van der Waals surface area (Å²) in [7, 11) is 0. The van der Waals surface area contributed by atoms with Crippen molar-refractivity contribution in [3.05, 3.63) is 59.7 Å². The maximum atomic E-state index is 11.9. The molecule has 2 aromatic rings. The molecule has 0 saturated carbocycles. The number of nitrogen functional groups attached to an aromatic ring is 1. The smallest absolute Gasteiger partial charge is 0.224 e. The number of nitriles is 1. The van der Waals surface area contributed by atoms with E-state index in [0.717, 1.165) is 12.8 Å². The van der Waals surface area contributed by atoms with Gasteiger partial charge in [0.25, 0.3) is 0 Å². The van der Waals surface area contributed by atoms with Crippen LogP contribution in [-0.4, -0.2) is 5.91 Å². The SMILES string of the molecule is N#Cc1ccc(NC(=O)CCCc2ccccc2)c(N)c1. The summed E-state index contributed by atoms with van der Waals surface area (Å²) in [6, 6.07) is 16.9. The Morgan fingerprint density at radius 2 is 1.95 bits per heavy atom. The molecule has 3 N–H and O–H groups in total. The molecule has 0 unspecified atom stereocenters. The second-order valence-corrected chi connectivity index (χ2v) is 4.80. The minimum Gasteiger partial charge on any atom is -0.397 e. The number of amides is 1. The summed E-state index contributed by atoms with van der Waals surface area (Å²) in [5.41, 5.74) is 8.47. The molecular formula is C17H17N3O. The molecule has 0 heterocycles. The molecule has 2 rings (SSSR count). The standard InChI is InChI=1S/C17H17N3O/c18-12-14-9-10-16(15(19)11-14)20-17(21)8-4-7-13-5-2-1-3-6-13/h1-3,5-6,9-11H,4,7-8,19H2,(H,20,21). The van der Waals surface area contributed by atoms with Gasteiger partial charge in [-0.3, -0.25) is 4.79 Å². The van der Waals surface area contributed by atoms with Gasteiger partial charge in [-0.1, -0.05) is 30.3 Å². The van der Waals surface area contributed by atoms with Gasteiger partial charge in [-0.2, -0.15) is 5.26 Å². The van der Waals surface area contributed by atoms with E-state index in [1.807, 2.05) is 24.3 Å². The molecule has 0 radical (unpaired) electrons. The van der Waals surface area contributed by atoms with Crippen LogP contribution in [0.1, 0.15) is 24.0 Å². The molecular weight excluding hydrogens is 262 g/mol. The predicted octanol–water partition coefficient (Wildman–Crippen LogP) is 3.10. The average Bonchev–Trinajstić information content (AvgIpc) is 2.50. The molecule has 0 atom stereocenters. The molecule has 0 aromatic heterocycles. The van der Waals surface area contributed by atoms with Crippen LogP contribution in [0, 0.1) is 11.3 Å². The number of hydrogen-bond acceptors (Lipinski definition) is 3. The van der Waals surface area contributed by atoms with Gasteiger partial charge < -0.3 is 11.1 Å². The Kier molecular flexibility index (Phi) is 4.94. The lowest BCUT2D eigenvalue weighted by atomic mass is 10.1. The Labute approximate surface area is 124 Å². The van der Waals surface area contributed by atoms with E-state index in [9.17, 15) is 4.79 Å². The first-order chi connectivity index (χ1) is 10.2. The molecule has 106 valence electrons. The van der Waals surface area contributed by atoms with Gasteiger partial charge in [0.2, 0.25) is 5.91 Å². The van der Waals surface area contributed by atoms with Crippen LogP contribution in [0.5, 0.6) is 0 Å². The Morgan fingerprint density at radius 1 is 1.19 bits per heavy atom. The highest BCUT2D eigenvalue weighted by atomic mass is 16.1. The van der Waals surface area contributed by atoms with E-state index >= 15 is 0 Å². The van der Waals surface area contributed by atoms with Crippen molar-refractivity contribution < 1.29 is 4.79 Å². The van der Waals surface area contributed by atoms with Gasteiger partial charge in [0.05, 0.1) is 23.0 Å². The van der Waals surface area contributed by atoms with Crippen LogP contribution in [0.4, 0.5) is 11.4 Å². The Hall–Kier alpha value is -2.80. The Balaban J connectivity index is 1.83. The van der Waals surface area contributed by atoms with Crippen LogP contribution >= 0.6 is 0 Å². The van der Waals surface area contributed by atoms with Gasteiger partial charge in [0.1, 0.15) is 0 Å². The normalized spacial score (nSPS) is 9.86. The quantitative estimate of drug-likeness (QED) is 0.825. The Morgan fingerprint density at radius 3 is 2.62 bits per heavy atom. The van der Waals surface area contributed by atoms with Gasteiger partial charge in [-0.25, -0.2) is 0 Å². The maximum absolute atomic E-state index is 11.9. The summed E-state index contributed by atoms with van der Waals surface area (Å²) in [6.07, 6.45) is 2.09. The largest absolute Gasteiger partial charge is 0.397 e. The lowest BCUT2D eigenvalue weighted by molar-refractivity contribution is -0.116. The summed E-state index contributed by atoms with van der Waals surface area (Å²) >= 11 is 0. The fourth-order valence-corrected chi connectivity index (χ4v) is 2.06. The number of carbonyl (C=O) groups excluding carboxylic acids is 1. The molecule has 1 amide bonds. The van der Waals surface area contributed by atoms with E-state index in [1.165, 1.54) is 5.56 Å². The van der Waals surface area contributed by atoms with E-state index in [-0.39, 0.29) is 5.91 Å². The number of carbonyl (C=O) groups is 1. The van der Waals surface area contributed by atoms with Crippen LogP contribution in [0.3, 0.4) is 0 Å². The lowest BCUT2D eigenvalue weighted by Gasteiger charge is -2.08. The zero-order valence-electron chi connectivity index (χ0n) is 11.7. The number of anilines is 2. The van der Waals surface area contributed by atoms with E-state index in [2.05, 4.69) is 17.4 Å². The molecule has 0 aliphatic rings. The number of benzene rings is 2. The number of nitrogens with two attached hydrogens (primary N) is 1. The number of rotatable bonds is 5. The van der Waals surface area contributed by atoms with Gasteiger partial charge in [-0.15, -0.1) is 0 Å². The van der Waals surface area contributed by atoms with Crippen molar-refractivity contribution in [3.8, 4) is 6.07 Å². The Bertz CT molecular complexity index is 659. The van der Waals surface area contributed by atoms with E-state index in [0.29, 0.717) is 23.4 Å². The fraction of sp³-hybridized carbons (Fsp3) is 0.176. The average molecular weight is 279 g/mol. The first-order valence-electron chi connectivity index (χ1n) is 6.82. The molecule has 21 heavy (non-hydrogen) atoms. The van der Waals surface area contributed by atoms with Crippen molar-refractivity contribution in [2.75, 3.05) is 11.1 Å². The topological polar surface area (TPSA) is 78.9 Å². The molecule has 0 fully saturated rings. The van der Waals surface area contributed by atoms with Crippen LogP contribution in [0.15, 0.2) is 48.5 Å². The summed E-state index contributed by atoms with van der Waals surface area (Å²) < 4.78 is 0. The first-order valence-corrected chi connectivity index (χ1v) is 6.82. The molecule has 0 spiro atoms. The zero-order chi connectivity index (χ0) is 15.1. The van der Waals surface area contributed by atoms with Crippen LogP contribution in [-0.2, 0) is 11.2 Å². The van der Waals surface area contributed by atoms with Gasteiger partial charge in [0.15, 0.2) is 0 Å². The van der Waals surface area contributed by atoms with E-state index < -0.39 is 0 Å². The second-order valence-electron chi connectivity index (χ2n) is 4.80. The highest BCUT2D eigenvalue weighted by molar-refractivity contribution is 5.93. The molecule has 0 aliphatic carbocycles. The van der Waals surface area contributed by atoms with Gasteiger partial charge >= 0.3 is 0 Å². The summed E-state index contributed by atoms with van der Waals surface area (Å²) in [4.78, 5) is 11.9. The number of hydrogen-bond donors (Lipinski definition) is 2. The highest BCUT2D eigenvalue weighted by Crippen LogP contribution is 2.19. The van der Waals surface area contributed by atoms with Crippen molar-refractivity contribution in [1.29, 1.82) is 5.26 Å². The molecule has 0 bridgehead atoms. The van der Waals surface area contributed by atoms with E-state index in [1.54, 1.807) is 18.2 Å². The fourth-order valence-electron chi connectivity index (χ4n) is 2.06. The minimum absolute atomic E-state index is 0.0673. The predicted molar refractivity (Wildman–Crippen MR) is 83.6 cm³/mol. The first kappa shape index (κ1) is 14.6. The summed E-state index contributed by atoms with van der Waals surface area (Å²) in [6.45, 7) is 0. The minimum atomic E-state index is -0.0673. The zero-order valence-corrected chi connectivity index (χ0v) is 11.7. The number of nitrogens with one attached hydrogen (secondary N) is 1. The number of aryl methyl sites for hydroxylation is 1. The van der Waals surface area contributed by atoms with Crippen LogP contribution in [0.2, 0.25) is 0 Å². The van der Waals surface area contributed by atoms with Crippen molar-refractivity contribution in [2.45, 2.75) is 19.3 Å². The van der Waals surface area contributed by atoms with E-state index in [4.69, 9.17) is 11.0 Å². The van der Waals surface area contributed by atoms with Gasteiger partial charge in [0, 0.05) is 6.42 Å². The number of nitrogens with zero attached hydrogens (tertiary/aromatic N) is 1.